The lowest BCUT2D eigenvalue weighted by Gasteiger charge is -2.24. The van der Waals surface area contributed by atoms with Crippen molar-refractivity contribution in [3.05, 3.63) is 36.0 Å². The molecule has 1 heterocycles. The van der Waals surface area contributed by atoms with Gasteiger partial charge < -0.3 is 48.3 Å². The summed E-state index contributed by atoms with van der Waals surface area (Å²) in [7, 11) is 0. The van der Waals surface area contributed by atoms with Crippen LogP contribution in [-0.2, 0) is 35.2 Å². The summed E-state index contributed by atoms with van der Waals surface area (Å²) in [5.74, 6) is -6.15. The van der Waals surface area contributed by atoms with Crippen LogP contribution in [0, 0.1) is 0 Å². The van der Waals surface area contributed by atoms with Gasteiger partial charge in [0.15, 0.2) is 0 Å². The van der Waals surface area contributed by atoms with Gasteiger partial charge in [0, 0.05) is 23.5 Å². The number of para-hydroxylation sites is 1. The van der Waals surface area contributed by atoms with Gasteiger partial charge in [-0.25, -0.2) is 4.79 Å². The van der Waals surface area contributed by atoms with Crippen molar-refractivity contribution in [3.8, 4) is 0 Å². The van der Waals surface area contributed by atoms with Gasteiger partial charge in [0.1, 0.15) is 18.1 Å². The van der Waals surface area contributed by atoms with Crippen LogP contribution in [0.25, 0.3) is 10.9 Å². The molecule has 1 aromatic heterocycles. The zero-order valence-electron chi connectivity index (χ0n) is 20.3. The molecule has 5 amide bonds. The molecule has 2 aromatic rings. The summed E-state index contributed by atoms with van der Waals surface area (Å²) in [5.41, 5.74) is 18.0. The molecule has 0 aliphatic heterocycles. The van der Waals surface area contributed by atoms with Gasteiger partial charge in [0.2, 0.25) is 29.5 Å². The Balaban J connectivity index is 2.15. The van der Waals surface area contributed by atoms with E-state index in [0.29, 0.717) is 0 Å². The maximum absolute atomic E-state index is 13.0. The number of carboxylic acids is 1. The Bertz CT molecular complexity index is 1200. The van der Waals surface area contributed by atoms with E-state index in [9.17, 15) is 28.8 Å². The Morgan fingerprint density at radius 1 is 0.868 bits per heavy atom. The van der Waals surface area contributed by atoms with Crippen LogP contribution in [0.15, 0.2) is 30.5 Å². The number of benzene rings is 1. The fraction of sp³-hybridized carbons (Fsp3) is 0.391. The minimum Gasteiger partial charge on any atom is -0.480 e. The van der Waals surface area contributed by atoms with E-state index in [-0.39, 0.29) is 19.3 Å². The fourth-order valence-corrected chi connectivity index (χ4v) is 3.60. The first-order valence-electron chi connectivity index (χ1n) is 11.5. The summed E-state index contributed by atoms with van der Waals surface area (Å²) < 4.78 is 0. The van der Waals surface area contributed by atoms with Gasteiger partial charge in [0.05, 0.1) is 19.1 Å². The first kappa shape index (κ1) is 29.7. The van der Waals surface area contributed by atoms with E-state index in [0.717, 1.165) is 16.5 Å². The number of hydrogen-bond donors (Lipinski definition) is 9. The van der Waals surface area contributed by atoms with E-state index >= 15 is 0 Å². The number of fused-ring (bicyclic) bond motifs is 1. The third-order valence-corrected chi connectivity index (χ3v) is 5.60. The molecular weight excluding hydrogens is 502 g/mol. The molecule has 206 valence electrons. The van der Waals surface area contributed by atoms with Gasteiger partial charge in [0.25, 0.3) is 0 Å². The van der Waals surface area contributed by atoms with Crippen LogP contribution in [0.5, 0.6) is 0 Å². The number of aromatic nitrogens is 1. The summed E-state index contributed by atoms with van der Waals surface area (Å²) in [4.78, 5) is 75.2. The average molecular weight is 534 g/mol. The van der Waals surface area contributed by atoms with Gasteiger partial charge in [-0.2, -0.15) is 0 Å². The van der Waals surface area contributed by atoms with Gasteiger partial charge in [-0.1, -0.05) is 18.2 Å². The number of carbonyl (C=O) groups excluding carboxylic acids is 5. The van der Waals surface area contributed by atoms with Crippen molar-refractivity contribution in [3.63, 3.8) is 0 Å². The van der Waals surface area contributed by atoms with Gasteiger partial charge in [-0.3, -0.25) is 24.0 Å². The lowest BCUT2D eigenvalue weighted by molar-refractivity contribution is -0.143. The number of carboxylic acid groups (broad SMARTS) is 1. The van der Waals surface area contributed by atoms with Crippen LogP contribution >= 0.6 is 0 Å². The molecule has 0 aliphatic rings. The summed E-state index contributed by atoms with van der Waals surface area (Å²) in [6.07, 6.45) is 0.537. The number of H-pyrrole nitrogens is 1. The van der Waals surface area contributed by atoms with Crippen LogP contribution in [0.2, 0.25) is 0 Å². The standard InChI is InChI=1S/C23H31N7O8/c24-13(7-11-9-27-14-4-2-1-3-12(11)14)20(34)28-15(5-6-18(25)32)21(35)29-16(8-19(26)33)22(36)30-17(10-31)23(37)38/h1-4,9,13,15-17,27,31H,5-8,10,24H2,(H2,25,32)(H2,26,33)(H,28,34)(H,29,35)(H,30,36)(H,37,38). The minimum absolute atomic E-state index is 0.116. The highest BCUT2D eigenvalue weighted by atomic mass is 16.4. The van der Waals surface area contributed by atoms with Crippen molar-refractivity contribution in [2.75, 3.05) is 6.61 Å². The van der Waals surface area contributed by atoms with E-state index in [1.54, 1.807) is 6.20 Å². The van der Waals surface area contributed by atoms with E-state index < -0.39 is 72.7 Å². The normalized spacial score (nSPS) is 14.1. The number of nitrogens with two attached hydrogens (primary N) is 3. The monoisotopic (exact) mass is 533 g/mol. The molecule has 2 rings (SSSR count). The molecule has 4 unspecified atom stereocenters. The average Bonchev–Trinajstić information content (AvgIpc) is 3.26. The Morgan fingerprint density at radius 3 is 2.08 bits per heavy atom. The predicted molar refractivity (Wildman–Crippen MR) is 133 cm³/mol. The summed E-state index contributed by atoms with van der Waals surface area (Å²) >= 11 is 0. The minimum atomic E-state index is -1.71. The zero-order chi connectivity index (χ0) is 28.4. The third-order valence-electron chi connectivity index (χ3n) is 5.60. The molecule has 15 nitrogen and oxygen atoms in total. The van der Waals surface area contributed by atoms with Crippen molar-refractivity contribution in [2.45, 2.75) is 49.9 Å². The number of carbonyl (C=O) groups is 6. The highest BCUT2D eigenvalue weighted by molar-refractivity contribution is 5.96. The lowest BCUT2D eigenvalue weighted by Crippen LogP contribution is -2.58. The highest BCUT2D eigenvalue weighted by Crippen LogP contribution is 2.18. The molecule has 1 aromatic carbocycles. The molecule has 0 spiro atoms. The van der Waals surface area contributed by atoms with Gasteiger partial charge in [-0.05, 0) is 24.5 Å². The first-order chi connectivity index (χ1) is 17.9. The maximum Gasteiger partial charge on any atom is 0.328 e. The summed E-state index contributed by atoms with van der Waals surface area (Å²) in [5, 5.41) is 25.6. The number of nitrogens with one attached hydrogen (secondary N) is 4. The second kappa shape index (κ2) is 13.7. The van der Waals surface area contributed by atoms with Crippen LogP contribution in [0.3, 0.4) is 0 Å². The van der Waals surface area contributed by atoms with Crippen LogP contribution in [0.4, 0.5) is 0 Å². The number of rotatable bonds is 15. The summed E-state index contributed by atoms with van der Waals surface area (Å²) in [6, 6.07) is 1.55. The van der Waals surface area contributed by atoms with Crippen molar-refractivity contribution >= 4 is 46.4 Å². The molecule has 0 radical (unpaired) electrons. The molecule has 0 bridgehead atoms. The number of amides is 5. The third kappa shape index (κ3) is 8.56. The molecule has 38 heavy (non-hydrogen) atoms. The van der Waals surface area contributed by atoms with Crippen LogP contribution < -0.4 is 33.2 Å². The van der Waals surface area contributed by atoms with Gasteiger partial charge in [-0.15, -0.1) is 0 Å². The topological polar surface area (TPSA) is 273 Å². The molecule has 0 fully saturated rings. The van der Waals surface area contributed by atoms with Crippen molar-refractivity contribution in [1.29, 1.82) is 0 Å². The van der Waals surface area contributed by atoms with Crippen molar-refractivity contribution < 1.29 is 39.0 Å². The summed E-state index contributed by atoms with van der Waals surface area (Å²) in [6.45, 7) is -0.954. The Morgan fingerprint density at radius 2 is 1.47 bits per heavy atom. The second-order valence-corrected chi connectivity index (χ2v) is 8.55. The number of aliphatic hydroxyl groups is 1. The maximum atomic E-state index is 13.0. The predicted octanol–water partition coefficient (Wildman–Crippen LogP) is -3.29. The fourth-order valence-electron chi connectivity index (χ4n) is 3.60. The van der Waals surface area contributed by atoms with E-state index in [2.05, 4.69) is 15.6 Å². The van der Waals surface area contributed by atoms with E-state index in [1.807, 2.05) is 29.6 Å². The molecule has 12 N–H and O–H groups in total. The quantitative estimate of drug-likeness (QED) is 0.111. The number of aromatic amines is 1. The number of hydrogen-bond acceptors (Lipinski definition) is 8. The molecule has 0 saturated carbocycles. The highest BCUT2D eigenvalue weighted by Gasteiger charge is 2.31. The Kier molecular flexibility index (Phi) is 10.7. The second-order valence-electron chi connectivity index (χ2n) is 8.55. The molecule has 0 saturated heterocycles. The molecule has 15 heteroatoms. The number of aliphatic hydroxyl groups excluding tert-OH is 1. The van der Waals surface area contributed by atoms with E-state index in [4.69, 9.17) is 27.4 Å². The Hall–Kier alpha value is -4.50. The first-order valence-corrected chi connectivity index (χ1v) is 11.5. The molecule has 4 atom stereocenters. The zero-order valence-corrected chi connectivity index (χ0v) is 20.3. The smallest absolute Gasteiger partial charge is 0.328 e. The van der Waals surface area contributed by atoms with Gasteiger partial charge >= 0.3 is 5.97 Å². The molecular formula is C23H31N7O8. The number of primary amides is 2. The van der Waals surface area contributed by atoms with Crippen molar-refractivity contribution in [2.24, 2.45) is 17.2 Å². The lowest BCUT2D eigenvalue weighted by atomic mass is 10.0. The van der Waals surface area contributed by atoms with Crippen LogP contribution in [-0.4, -0.2) is 81.5 Å². The Labute approximate surface area is 216 Å². The molecule has 0 aliphatic carbocycles. The van der Waals surface area contributed by atoms with Crippen LogP contribution in [0.1, 0.15) is 24.8 Å². The number of aliphatic carboxylic acids is 1. The largest absolute Gasteiger partial charge is 0.480 e. The SMILES string of the molecule is NC(=O)CCC(NC(=O)C(N)Cc1c[nH]c2ccccc12)C(=O)NC(CC(N)=O)C(=O)NC(CO)C(=O)O. The van der Waals surface area contributed by atoms with E-state index in [1.165, 1.54) is 0 Å². The van der Waals surface area contributed by atoms with Crippen molar-refractivity contribution in [1.82, 2.24) is 20.9 Å².